The van der Waals surface area contributed by atoms with Gasteiger partial charge in [-0.1, -0.05) is 30.3 Å². The Labute approximate surface area is 114 Å². The van der Waals surface area contributed by atoms with Crippen molar-refractivity contribution in [1.29, 1.82) is 0 Å². The van der Waals surface area contributed by atoms with Crippen molar-refractivity contribution in [3.05, 3.63) is 35.9 Å². The second-order valence-corrected chi connectivity index (χ2v) is 4.94. The van der Waals surface area contributed by atoms with Gasteiger partial charge in [0.05, 0.1) is 0 Å². The molecule has 1 amide bonds. The third kappa shape index (κ3) is 3.33. The van der Waals surface area contributed by atoms with Crippen molar-refractivity contribution in [2.75, 3.05) is 27.2 Å². The Kier molecular flexibility index (Phi) is 4.93. The molecule has 1 aliphatic rings. The summed E-state index contributed by atoms with van der Waals surface area (Å²) in [6, 6.07) is 10.1. The summed E-state index contributed by atoms with van der Waals surface area (Å²) < 4.78 is 5.41. The van der Waals surface area contributed by atoms with Crippen LogP contribution in [-0.4, -0.2) is 44.1 Å². The lowest BCUT2D eigenvalue weighted by molar-refractivity contribution is -0.143. The number of methoxy groups -OCH3 is 1. The number of ether oxygens (including phenoxy) is 1. The maximum atomic E-state index is 12.6. The van der Waals surface area contributed by atoms with Gasteiger partial charge >= 0.3 is 0 Å². The molecule has 19 heavy (non-hydrogen) atoms. The Morgan fingerprint density at radius 2 is 2.16 bits per heavy atom. The van der Waals surface area contributed by atoms with Crippen molar-refractivity contribution in [1.82, 2.24) is 10.2 Å². The van der Waals surface area contributed by atoms with Gasteiger partial charge in [-0.25, -0.2) is 0 Å². The number of carbonyl (C=O) groups excluding carboxylic acids is 1. The highest BCUT2D eigenvalue weighted by molar-refractivity contribution is 5.82. The van der Waals surface area contributed by atoms with Crippen LogP contribution in [0.3, 0.4) is 0 Å². The number of piperidine rings is 1. The first-order valence-corrected chi connectivity index (χ1v) is 6.80. The van der Waals surface area contributed by atoms with Crippen LogP contribution in [0.4, 0.5) is 0 Å². The van der Waals surface area contributed by atoms with Gasteiger partial charge in [0, 0.05) is 26.2 Å². The third-order valence-electron chi connectivity index (χ3n) is 3.70. The number of nitrogens with zero attached hydrogens (tertiary/aromatic N) is 1. The summed E-state index contributed by atoms with van der Waals surface area (Å²) >= 11 is 0. The Hall–Kier alpha value is -1.39. The van der Waals surface area contributed by atoms with Crippen molar-refractivity contribution >= 4 is 5.91 Å². The van der Waals surface area contributed by atoms with E-state index >= 15 is 0 Å². The fraction of sp³-hybridized carbons (Fsp3) is 0.533. The molecule has 1 aliphatic heterocycles. The van der Waals surface area contributed by atoms with Crippen LogP contribution in [0.2, 0.25) is 0 Å². The van der Waals surface area contributed by atoms with Gasteiger partial charge in [0.1, 0.15) is 0 Å². The monoisotopic (exact) mass is 262 g/mol. The van der Waals surface area contributed by atoms with E-state index < -0.39 is 6.10 Å². The maximum absolute atomic E-state index is 12.6. The van der Waals surface area contributed by atoms with Crippen LogP contribution >= 0.6 is 0 Å². The highest BCUT2D eigenvalue weighted by atomic mass is 16.5. The second-order valence-electron chi connectivity index (χ2n) is 4.94. The van der Waals surface area contributed by atoms with E-state index in [1.54, 1.807) is 7.11 Å². The first-order valence-electron chi connectivity index (χ1n) is 6.80. The molecule has 1 N–H and O–H groups in total. The molecule has 4 nitrogen and oxygen atoms in total. The highest BCUT2D eigenvalue weighted by Crippen LogP contribution is 2.21. The first-order chi connectivity index (χ1) is 9.26. The summed E-state index contributed by atoms with van der Waals surface area (Å²) in [5.41, 5.74) is 0.918. The van der Waals surface area contributed by atoms with E-state index in [4.69, 9.17) is 4.74 Å². The largest absolute Gasteiger partial charge is 0.367 e. The van der Waals surface area contributed by atoms with Crippen molar-refractivity contribution in [3.63, 3.8) is 0 Å². The molecular weight excluding hydrogens is 240 g/mol. The minimum atomic E-state index is -0.489. The molecule has 0 spiro atoms. The van der Waals surface area contributed by atoms with Crippen LogP contribution < -0.4 is 5.32 Å². The van der Waals surface area contributed by atoms with Crippen LogP contribution in [0, 0.1) is 0 Å². The lowest BCUT2D eigenvalue weighted by Crippen LogP contribution is -2.48. The van der Waals surface area contributed by atoms with Gasteiger partial charge in [0.15, 0.2) is 6.10 Å². The number of nitrogens with one attached hydrogen (secondary N) is 1. The number of rotatable bonds is 4. The molecule has 4 heteroatoms. The number of benzene rings is 1. The Bertz CT molecular complexity index is 408. The van der Waals surface area contributed by atoms with Gasteiger partial charge in [-0.2, -0.15) is 0 Å². The molecule has 0 radical (unpaired) electrons. The average molecular weight is 262 g/mol. The van der Waals surface area contributed by atoms with Gasteiger partial charge < -0.3 is 15.0 Å². The second kappa shape index (κ2) is 6.68. The molecule has 2 rings (SSSR count). The lowest BCUT2D eigenvalue weighted by Gasteiger charge is -2.34. The molecule has 1 aromatic carbocycles. The van der Waals surface area contributed by atoms with Crippen LogP contribution in [0.1, 0.15) is 24.5 Å². The van der Waals surface area contributed by atoms with Gasteiger partial charge in [0.2, 0.25) is 0 Å². The van der Waals surface area contributed by atoms with E-state index in [9.17, 15) is 4.79 Å². The molecule has 0 saturated carbocycles. The lowest BCUT2D eigenvalue weighted by atomic mass is 10.0. The number of amides is 1. The molecule has 1 heterocycles. The van der Waals surface area contributed by atoms with Gasteiger partial charge in [-0.3, -0.25) is 4.79 Å². The molecule has 1 fully saturated rings. The van der Waals surface area contributed by atoms with Crippen molar-refractivity contribution < 1.29 is 9.53 Å². The number of hydrogen-bond donors (Lipinski definition) is 1. The highest BCUT2D eigenvalue weighted by Gasteiger charge is 2.29. The van der Waals surface area contributed by atoms with Crippen molar-refractivity contribution in [2.45, 2.75) is 25.0 Å². The molecule has 104 valence electrons. The summed E-state index contributed by atoms with van der Waals surface area (Å²) in [5.74, 6) is 0.0636. The first kappa shape index (κ1) is 14.0. The Balaban J connectivity index is 2.08. The van der Waals surface area contributed by atoms with Gasteiger partial charge in [0.25, 0.3) is 5.91 Å². The summed E-state index contributed by atoms with van der Waals surface area (Å²) in [5, 5.41) is 3.25. The number of likely N-dealkylation sites (N-methyl/N-ethyl adjacent to an activating group) is 1. The number of carbonyl (C=O) groups is 1. The minimum absolute atomic E-state index is 0.0636. The molecular formula is C15H22N2O2. The molecule has 0 aromatic heterocycles. The zero-order valence-corrected chi connectivity index (χ0v) is 11.6. The minimum Gasteiger partial charge on any atom is -0.367 e. The van der Waals surface area contributed by atoms with Crippen LogP contribution in [-0.2, 0) is 9.53 Å². The van der Waals surface area contributed by atoms with E-state index in [0.29, 0.717) is 6.04 Å². The smallest absolute Gasteiger partial charge is 0.256 e. The summed E-state index contributed by atoms with van der Waals surface area (Å²) in [6.07, 6.45) is 1.68. The molecule has 0 aliphatic carbocycles. The average Bonchev–Trinajstić information content (AvgIpc) is 2.49. The number of hydrogen-bond acceptors (Lipinski definition) is 3. The third-order valence-corrected chi connectivity index (χ3v) is 3.70. The van der Waals surface area contributed by atoms with Crippen LogP contribution in [0.15, 0.2) is 30.3 Å². The van der Waals surface area contributed by atoms with E-state index in [1.165, 1.54) is 0 Å². The quantitative estimate of drug-likeness (QED) is 0.896. The molecule has 0 bridgehead atoms. The van der Waals surface area contributed by atoms with Crippen molar-refractivity contribution in [2.24, 2.45) is 0 Å². The zero-order chi connectivity index (χ0) is 13.7. The topological polar surface area (TPSA) is 41.6 Å². The molecule has 2 unspecified atom stereocenters. The maximum Gasteiger partial charge on any atom is 0.256 e. The summed E-state index contributed by atoms with van der Waals surface area (Å²) in [6.45, 7) is 1.59. The predicted octanol–water partition coefficient (Wildman–Crippen LogP) is 1.58. The Morgan fingerprint density at radius 3 is 2.79 bits per heavy atom. The summed E-state index contributed by atoms with van der Waals surface area (Å²) in [7, 11) is 3.54. The van der Waals surface area contributed by atoms with E-state index in [2.05, 4.69) is 5.32 Å². The standard InChI is InChI=1S/C15H22N2O2/c1-16-13-9-6-10-17(11-13)15(18)14(19-2)12-7-4-3-5-8-12/h3-5,7-8,13-14,16H,6,9-11H2,1-2H3. The molecule has 2 atom stereocenters. The van der Waals surface area contributed by atoms with E-state index in [0.717, 1.165) is 31.5 Å². The fourth-order valence-electron chi connectivity index (χ4n) is 2.59. The van der Waals surface area contributed by atoms with Crippen molar-refractivity contribution in [3.8, 4) is 0 Å². The number of likely N-dealkylation sites (tertiary alicyclic amines) is 1. The van der Waals surface area contributed by atoms with Crippen LogP contribution in [0.5, 0.6) is 0 Å². The Morgan fingerprint density at radius 1 is 1.42 bits per heavy atom. The van der Waals surface area contributed by atoms with E-state index in [1.807, 2.05) is 42.3 Å². The van der Waals surface area contributed by atoms with E-state index in [-0.39, 0.29) is 5.91 Å². The molecule has 1 saturated heterocycles. The normalized spacial score (nSPS) is 21.2. The van der Waals surface area contributed by atoms with Gasteiger partial charge in [-0.15, -0.1) is 0 Å². The molecule has 1 aromatic rings. The zero-order valence-electron chi connectivity index (χ0n) is 11.6. The fourth-order valence-corrected chi connectivity index (χ4v) is 2.59. The predicted molar refractivity (Wildman–Crippen MR) is 74.9 cm³/mol. The SMILES string of the molecule is CNC1CCCN(C(=O)C(OC)c2ccccc2)C1. The van der Waals surface area contributed by atoms with Crippen LogP contribution in [0.25, 0.3) is 0 Å². The van der Waals surface area contributed by atoms with Gasteiger partial charge in [-0.05, 0) is 25.5 Å². The summed E-state index contributed by atoms with van der Waals surface area (Å²) in [4.78, 5) is 14.5.